The van der Waals surface area contributed by atoms with Gasteiger partial charge in [-0.05, 0) is 0 Å². The van der Waals surface area contributed by atoms with Crippen LogP contribution in [0.2, 0.25) is 0 Å². The van der Waals surface area contributed by atoms with Gasteiger partial charge in [-0.2, -0.15) is 0 Å². The van der Waals surface area contributed by atoms with E-state index in [2.05, 4.69) is 0 Å². The van der Waals surface area contributed by atoms with Crippen LogP contribution in [0.5, 0.6) is 0 Å². The van der Waals surface area contributed by atoms with Gasteiger partial charge in [0.05, 0.1) is 6.10 Å². The number of halogens is 1. The molecule has 5 heteroatoms. The van der Waals surface area contributed by atoms with Crippen LogP contribution >= 0.6 is 0 Å². The Labute approximate surface area is 57.5 Å². The molecule has 0 fully saturated rings. The first-order valence-electron chi connectivity index (χ1n) is 2.80. The third-order valence-corrected chi connectivity index (χ3v) is 1.02. The Balaban J connectivity index is 3.56. The number of aliphatic carboxylic acids is 1. The van der Waals surface area contributed by atoms with Gasteiger partial charge in [-0.3, -0.25) is 4.79 Å². The lowest BCUT2D eigenvalue weighted by atomic mass is 10.1. The minimum Gasteiger partial charge on any atom is -0.480 e. The molecule has 2 atom stereocenters. The fourth-order valence-electron chi connectivity index (χ4n) is 0.457. The van der Waals surface area contributed by atoms with Gasteiger partial charge in [-0.15, -0.1) is 0 Å². The SMILES string of the molecule is N[C@H](CC(O)CF)C(=O)O. The predicted molar refractivity (Wildman–Crippen MR) is 32.2 cm³/mol. The van der Waals surface area contributed by atoms with Crippen molar-refractivity contribution in [1.29, 1.82) is 0 Å². The monoisotopic (exact) mass is 151 g/mol. The van der Waals surface area contributed by atoms with E-state index < -0.39 is 24.8 Å². The minimum atomic E-state index is -1.26. The summed E-state index contributed by atoms with van der Waals surface area (Å²) in [6.45, 7) is -0.957. The molecule has 0 spiro atoms. The van der Waals surface area contributed by atoms with Crippen LogP contribution in [0.1, 0.15) is 6.42 Å². The molecule has 0 radical (unpaired) electrons. The largest absolute Gasteiger partial charge is 0.480 e. The number of hydrogen-bond acceptors (Lipinski definition) is 3. The highest BCUT2D eigenvalue weighted by atomic mass is 19.1. The van der Waals surface area contributed by atoms with Crippen LogP contribution in [0, 0.1) is 0 Å². The van der Waals surface area contributed by atoms with Crippen LogP contribution in [0.15, 0.2) is 0 Å². The standard InChI is InChI=1S/C5H10FNO3/c6-2-3(8)1-4(7)5(9)10/h3-4,8H,1-2,7H2,(H,9,10)/t3?,4-/m1/s1. The van der Waals surface area contributed by atoms with Crippen molar-refractivity contribution in [2.24, 2.45) is 5.73 Å². The smallest absolute Gasteiger partial charge is 0.320 e. The van der Waals surface area contributed by atoms with Crippen molar-refractivity contribution in [1.82, 2.24) is 0 Å². The highest BCUT2D eigenvalue weighted by Crippen LogP contribution is 1.96. The van der Waals surface area contributed by atoms with E-state index in [1.165, 1.54) is 0 Å². The Hall–Kier alpha value is -0.680. The number of alkyl halides is 1. The van der Waals surface area contributed by atoms with Crippen molar-refractivity contribution in [3.8, 4) is 0 Å². The molecule has 0 aromatic carbocycles. The molecule has 60 valence electrons. The zero-order valence-corrected chi connectivity index (χ0v) is 5.33. The highest BCUT2D eigenvalue weighted by Gasteiger charge is 2.15. The molecule has 0 amide bonds. The van der Waals surface area contributed by atoms with Crippen molar-refractivity contribution in [2.75, 3.05) is 6.67 Å². The average molecular weight is 151 g/mol. The fraction of sp³-hybridized carbons (Fsp3) is 0.800. The van der Waals surface area contributed by atoms with Crippen LogP contribution in [-0.2, 0) is 4.79 Å². The second-order valence-corrected chi connectivity index (χ2v) is 1.99. The van der Waals surface area contributed by atoms with Gasteiger partial charge < -0.3 is 15.9 Å². The van der Waals surface area contributed by atoms with E-state index in [0.717, 1.165) is 0 Å². The zero-order valence-electron chi connectivity index (χ0n) is 5.33. The minimum absolute atomic E-state index is 0.244. The molecule has 0 aliphatic carbocycles. The van der Waals surface area contributed by atoms with Crippen LogP contribution in [0.4, 0.5) is 4.39 Å². The maximum Gasteiger partial charge on any atom is 0.320 e. The fourth-order valence-corrected chi connectivity index (χ4v) is 0.457. The molecule has 0 aliphatic rings. The maximum absolute atomic E-state index is 11.5. The molecule has 4 N–H and O–H groups in total. The Morgan fingerprint density at radius 3 is 2.50 bits per heavy atom. The van der Waals surface area contributed by atoms with E-state index in [1.54, 1.807) is 0 Å². The predicted octanol–water partition coefficient (Wildman–Crippen LogP) is -0.881. The van der Waals surface area contributed by atoms with E-state index in [0.29, 0.717) is 0 Å². The molecule has 0 aromatic rings. The summed E-state index contributed by atoms with van der Waals surface area (Å²) in [6, 6.07) is -1.18. The molecule has 0 saturated carbocycles. The van der Waals surface area contributed by atoms with Gasteiger partial charge in [0.15, 0.2) is 0 Å². The molecule has 1 unspecified atom stereocenters. The summed E-state index contributed by atoms with van der Waals surface area (Å²) in [5.74, 6) is -1.23. The summed E-state index contributed by atoms with van der Waals surface area (Å²) in [5, 5.41) is 16.7. The molecular formula is C5H10FNO3. The van der Waals surface area contributed by atoms with Crippen molar-refractivity contribution in [3.05, 3.63) is 0 Å². The molecule has 0 rings (SSSR count). The van der Waals surface area contributed by atoms with E-state index in [4.69, 9.17) is 15.9 Å². The number of nitrogens with two attached hydrogens (primary N) is 1. The zero-order chi connectivity index (χ0) is 8.15. The van der Waals surface area contributed by atoms with Crippen LogP contribution in [0.3, 0.4) is 0 Å². The van der Waals surface area contributed by atoms with Crippen LogP contribution < -0.4 is 5.73 Å². The number of hydrogen-bond donors (Lipinski definition) is 3. The Kier molecular flexibility index (Phi) is 3.90. The molecule has 0 bridgehead atoms. The lowest BCUT2D eigenvalue weighted by molar-refractivity contribution is -0.139. The normalized spacial score (nSPS) is 16.3. The molecule has 10 heavy (non-hydrogen) atoms. The molecular weight excluding hydrogens is 141 g/mol. The van der Waals surface area contributed by atoms with E-state index in [9.17, 15) is 9.18 Å². The molecule has 0 aromatic heterocycles. The lowest BCUT2D eigenvalue weighted by Gasteiger charge is -2.08. The number of carboxylic acids is 1. The van der Waals surface area contributed by atoms with Crippen molar-refractivity contribution in [3.63, 3.8) is 0 Å². The molecule has 0 aliphatic heterocycles. The Morgan fingerprint density at radius 2 is 2.20 bits per heavy atom. The second kappa shape index (κ2) is 4.19. The Morgan fingerprint density at radius 1 is 1.70 bits per heavy atom. The number of aliphatic hydroxyl groups excluding tert-OH is 1. The van der Waals surface area contributed by atoms with Crippen molar-refractivity contribution >= 4 is 5.97 Å². The van der Waals surface area contributed by atoms with E-state index in [-0.39, 0.29) is 6.42 Å². The van der Waals surface area contributed by atoms with Gasteiger partial charge in [0.25, 0.3) is 0 Å². The summed E-state index contributed by atoms with van der Waals surface area (Å²) in [6.07, 6.45) is -1.50. The first kappa shape index (κ1) is 9.32. The van der Waals surface area contributed by atoms with Gasteiger partial charge in [-0.1, -0.05) is 0 Å². The van der Waals surface area contributed by atoms with Gasteiger partial charge >= 0.3 is 5.97 Å². The summed E-state index contributed by atoms with van der Waals surface area (Å²) >= 11 is 0. The van der Waals surface area contributed by atoms with E-state index >= 15 is 0 Å². The topological polar surface area (TPSA) is 83.5 Å². The van der Waals surface area contributed by atoms with Crippen molar-refractivity contribution < 1.29 is 19.4 Å². The first-order chi connectivity index (χ1) is 4.57. The third-order valence-electron chi connectivity index (χ3n) is 1.02. The maximum atomic E-state index is 11.5. The highest BCUT2D eigenvalue weighted by molar-refractivity contribution is 5.73. The molecule has 0 heterocycles. The van der Waals surface area contributed by atoms with Gasteiger partial charge in [0.2, 0.25) is 0 Å². The number of rotatable bonds is 4. The average Bonchev–Trinajstić information content (AvgIpc) is 1.87. The van der Waals surface area contributed by atoms with Gasteiger partial charge in [0.1, 0.15) is 12.7 Å². The summed E-state index contributed by atoms with van der Waals surface area (Å²) in [5.41, 5.74) is 4.97. The summed E-state index contributed by atoms with van der Waals surface area (Å²) in [4.78, 5) is 9.99. The first-order valence-corrected chi connectivity index (χ1v) is 2.80. The van der Waals surface area contributed by atoms with Gasteiger partial charge in [-0.25, -0.2) is 4.39 Å². The van der Waals surface area contributed by atoms with E-state index in [1.807, 2.05) is 0 Å². The number of aliphatic hydroxyl groups is 1. The summed E-state index contributed by atoms with van der Waals surface area (Å²) in [7, 11) is 0. The Bertz CT molecular complexity index is 119. The molecule has 4 nitrogen and oxygen atoms in total. The second-order valence-electron chi connectivity index (χ2n) is 1.99. The van der Waals surface area contributed by atoms with Gasteiger partial charge in [0, 0.05) is 6.42 Å². The van der Waals surface area contributed by atoms with Crippen LogP contribution in [0.25, 0.3) is 0 Å². The number of carbonyl (C=O) groups is 1. The van der Waals surface area contributed by atoms with Crippen molar-refractivity contribution in [2.45, 2.75) is 18.6 Å². The molecule has 0 saturated heterocycles. The van der Waals surface area contributed by atoms with Crippen LogP contribution in [-0.4, -0.2) is 35.0 Å². The quantitative estimate of drug-likeness (QED) is 0.487. The third kappa shape index (κ3) is 3.37. The lowest BCUT2D eigenvalue weighted by Crippen LogP contribution is -2.34. The summed E-state index contributed by atoms with van der Waals surface area (Å²) < 4.78 is 11.5. The number of carboxylic acid groups (broad SMARTS) is 1.